The molecule has 0 amide bonds. The normalized spacial score (nSPS) is 20.7. The predicted octanol–water partition coefficient (Wildman–Crippen LogP) is 10.7. The van der Waals surface area contributed by atoms with Crippen LogP contribution in [0.3, 0.4) is 0 Å². The Kier molecular flexibility index (Phi) is 2.01. The van der Waals surface area contributed by atoms with Gasteiger partial charge in [0.25, 0.3) is 0 Å². The number of hydrogen-bond acceptors (Lipinski definition) is 0. The van der Waals surface area contributed by atoms with Gasteiger partial charge in [-0.15, -0.1) is 0 Å². The zero-order valence-corrected chi connectivity index (χ0v) is 19.0. The van der Waals surface area contributed by atoms with E-state index >= 15 is 0 Å². The van der Waals surface area contributed by atoms with E-state index in [9.17, 15) is 9.60 Å². The van der Waals surface area contributed by atoms with Crippen molar-refractivity contribution in [3.8, 4) is 44.5 Å². The SMILES string of the molecule is [2H]c1c([2H])c([2H])c(-c2c([2H])c([2H])c(-c3c4c([2H])c([2H])c([2H])c([2H])c4c(-c4c([2H])c([2H])c([2H])c([2H])c4[2H])c4c([2H])c([2H])c(-c5c([2H])c([2H])c([2H])c([2H])c5[2H])c([2H])c34)c([2H])c2[2H])c([2H])c1[2H]. The summed E-state index contributed by atoms with van der Waals surface area (Å²) >= 11 is 0. The van der Waals surface area contributed by atoms with Crippen molar-refractivity contribution < 1.29 is 35.6 Å². The van der Waals surface area contributed by atoms with Gasteiger partial charge in [0.15, 0.2) is 0 Å². The van der Waals surface area contributed by atoms with Crippen molar-refractivity contribution in [2.24, 2.45) is 0 Å². The fourth-order valence-electron chi connectivity index (χ4n) is 4.03. The van der Waals surface area contributed by atoms with Gasteiger partial charge in [-0.05, 0) is 72.1 Å². The van der Waals surface area contributed by atoms with E-state index in [0.717, 1.165) is 0 Å². The number of hydrogen-bond donors (Lipinski definition) is 0. The summed E-state index contributed by atoms with van der Waals surface area (Å²) in [7, 11) is 0. The van der Waals surface area contributed by atoms with Crippen LogP contribution in [0.2, 0.25) is 0 Å². The molecule has 7 aromatic rings. The quantitative estimate of drug-likeness (QED) is 0.207. The Labute approximate surface area is 260 Å². The molecule has 0 N–H and O–H groups in total. The number of fused-ring (bicyclic) bond motifs is 2. The third-order valence-electron chi connectivity index (χ3n) is 5.62. The summed E-state index contributed by atoms with van der Waals surface area (Å²) in [5, 5.41) is -3.09. The first kappa shape index (κ1) is 8.03. The minimum absolute atomic E-state index is 0.733. The molecule has 178 valence electrons. The number of rotatable bonds is 4. The molecule has 0 saturated heterocycles. The van der Waals surface area contributed by atoms with Gasteiger partial charge in [-0.25, -0.2) is 0 Å². The molecule has 0 atom stereocenters. The molecule has 7 aromatic carbocycles. The second-order valence-electron chi connectivity index (χ2n) is 7.75. The molecule has 0 nitrogen and oxygen atoms in total. The molecule has 38 heavy (non-hydrogen) atoms. The summed E-state index contributed by atoms with van der Waals surface area (Å²) in [4.78, 5) is 0. The van der Waals surface area contributed by atoms with Crippen LogP contribution in [0.25, 0.3) is 66.1 Å². The molecule has 0 unspecified atom stereocenters. The Balaban J connectivity index is 1.90. The van der Waals surface area contributed by atoms with Gasteiger partial charge in [-0.2, -0.15) is 0 Å². The highest BCUT2D eigenvalue weighted by Crippen LogP contribution is 2.45. The predicted molar refractivity (Wildman–Crippen MR) is 163 cm³/mol. The lowest BCUT2D eigenvalue weighted by Gasteiger charge is -2.19. The van der Waals surface area contributed by atoms with E-state index in [4.69, 9.17) is 26.0 Å². The summed E-state index contributed by atoms with van der Waals surface area (Å²) in [5.74, 6) is 0. The van der Waals surface area contributed by atoms with Crippen LogP contribution < -0.4 is 0 Å². The monoisotopic (exact) mass is 508 g/mol. The van der Waals surface area contributed by atoms with Crippen LogP contribution in [-0.2, 0) is 0 Å². The summed E-state index contributed by atoms with van der Waals surface area (Å²) in [6, 6.07) is -25.3. The van der Waals surface area contributed by atoms with Crippen molar-refractivity contribution in [3.05, 3.63) is 157 Å². The van der Waals surface area contributed by atoms with E-state index in [1.165, 1.54) is 0 Å². The van der Waals surface area contributed by atoms with Crippen molar-refractivity contribution in [2.45, 2.75) is 0 Å². The molecular formula is C38H26. The second-order valence-corrected chi connectivity index (χ2v) is 7.75. The van der Waals surface area contributed by atoms with Gasteiger partial charge in [-0.3, -0.25) is 0 Å². The highest BCUT2D eigenvalue weighted by Gasteiger charge is 2.17. The lowest BCUT2D eigenvalue weighted by molar-refractivity contribution is 1.60. The Hall–Kier alpha value is -4.94. The highest BCUT2D eigenvalue weighted by atomic mass is 14.2. The van der Waals surface area contributed by atoms with E-state index < -0.39 is 223 Å². The standard InChI is InChI=1S/C38H26/c1-4-12-27(13-5-1)29-20-22-31(23-21-29)38-34-19-11-10-18-33(34)37(30-16-8-3-9-17-30)35-25-24-32(26-36(35)38)28-14-6-2-7-15-28/h1-26H/i1D,2D,3D,4D,5D,6D,7D,8D,9D,10D,11D,12D,13D,14D,15D,16D,17D,18D,19D,20D,21D,22D,23D,24D,25D,26D. The highest BCUT2D eigenvalue weighted by molar-refractivity contribution is 6.22. The van der Waals surface area contributed by atoms with Crippen molar-refractivity contribution in [1.82, 2.24) is 0 Å². The fourth-order valence-corrected chi connectivity index (χ4v) is 4.03. The molecule has 0 spiro atoms. The lowest BCUT2D eigenvalue weighted by Crippen LogP contribution is -1.92. The summed E-state index contributed by atoms with van der Waals surface area (Å²) in [5.41, 5.74) is -6.44. The Morgan fingerprint density at radius 1 is 0.263 bits per heavy atom. The molecule has 0 heterocycles. The van der Waals surface area contributed by atoms with Gasteiger partial charge in [0.1, 0.15) is 0 Å². The van der Waals surface area contributed by atoms with Crippen LogP contribution in [0, 0.1) is 0 Å². The average molecular weight is 509 g/mol. The Bertz CT molecular complexity index is 3220. The van der Waals surface area contributed by atoms with E-state index in [2.05, 4.69) is 0 Å². The van der Waals surface area contributed by atoms with Crippen LogP contribution in [0.15, 0.2) is 157 Å². The fraction of sp³-hybridized carbons (Fsp3) is 0. The molecule has 0 fully saturated rings. The van der Waals surface area contributed by atoms with Crippen molar-refractivity contribution >= 4 is 21.5 Å². The first-order valence-corrected chi connectivity index (χ1v) is 11.0. The zero-order chi connectivity index (χ0) is 47.9. The molecule has 7 rings (SSSR count). The van der Waals surface area contributed by atoms with Crippen LogP contribution in [-0.4, -0.2) is 0 Å². The zero-order valence-electron chi connectivity index (χ0n) is 45.0. The lowest BCUT2D eigenvalue weighted by atomic mass is 9.84. The molecule has 0 radical (unpaired) electrons. The van der Waals surface area contributed by atoms with Crippen LogP contribution in [0.5, 0.6) is 0 Å². The van der Waals surface area contributed by atoms with Crippen molar-refractivity contribution in [2.75, 3.05) is 0 Å². The van der Waals surface area contributed by atoms with E-state index in [1.807, 2.05) is 0 Å². The van der Waals surface area contributed by atoms with E-state index in [0.29, 0.717) is 0 Å². The smallest absolute Gasteiger partial charge is 0.0622 e. The van der Waals surface area contributed by atoms with Crippen LogP contribution >= 0.6 is 0 Å². The van der Waals surface area contributed by atoms with Gasteiger partial charge in [0, 0.05) is 0 Å². The Morgan fingerprint density at radius 3 is 1.18 bits per heavy atom. The third kappa shape index (κ3) is 3.88. The van der Waals surface area contributed by atoms with Gasteiger partial charge >= 0.3 is 0 Å². The molecule has 0 saturated carbocycles. The average Bonchev–Trinajstić information content (AvgIpc) is 3.26. The molecule has 0 aromatic heterocycles. The minimum Gasteiger partial charge on any atom is -0.0622 e. The first-order chi connectivity index (χ1) is 29.7. The van der Waals surface area contributed by atoms with Gasteiger partial charge in [0.05, 0.1) is 35.6 Å². The minimum atomic E-state index is -1.10. The molecule has 0 aliphatic heterocycles. The second kappa shape index (κ2) is 9.50. The van der Waals surface area contributed by atoms with Crippen molar-refractivity contribution in [3.63, 3.8) is 0 Å². The van der Waals surface area contributed by atoms with Gasteiger partial charge < -0.3 is 0 Å². The summed E-state index contributed by atoms with van der Waals surface area (Å²) < 4.78 is 228. The topological polar surface area (TPSA) is 0 Å². The maximum Gasteiger partial charge on any atom is 0.0636 e. The third-order valence-corrected chi connectivity index (χ3v) is 5.62. The van der Waals surface area contributed by atoms with Crippen molar-refractivity contribution in [1.29, 1.82) is 0 Å². The number of benzene rings is 7. The van der Waals surface area contributed by atoms with Gasteiger partial charge in [-0.1, -0.05) is 151 Å². The molecule has 0 aliphatic carbocycles. The Morgan fingerprint density at radius 2 is 0.605 bits per heavy atom. The van der Waals surface area contributed by atoms with E-state index in [1.54, 1.807) is 0 Å². The van der Waals surface area contributed by atoms with Crippen LogP contribution in [0.4, 0.5) is 0 Å². The largest absolute Gasteiger partial charge is 0.0636 e. The first-order valence-electron chi connectivity index (χ1n) is 24.0. The van der Waals surface area contributed by atoms with E-state index in [-0.39, 0.29) is 0 Å². The molecule has 0 aliphatic rings. The summed E-state index contributed by atoms with van der Waals surface area (Å²) in [6.45, 7) is 0. The maximum absolute atomic E-state index is 9.77. The summed E-state index contributed by atoms with van der Waals surface area (Å²) in [6.07, 6.45) is 0. The van der Waals surface area contributed by atoms with Crippen LogP contribution in [0.1, 0.15) is 35.6 Å². The maximum atomic E-state index is 9.77. The van der Waals surface area contributed by atoms with Gasteiger partial charge in [0.2, 0.25) is 0 Å². The molecular weight excluding hydrogens is 456 g/mol. The molecule has 0 bridgehead atoms. The molecule has 0 heteroatoms.